The van der Waals surface area contributed by atoms with Crippen LogP contribution in [0.25, 0.3) is 0 Å². The lowest BCUT2D eigenvalue weighted by Gasteiger charge is -2.39. The summed E-state index contributed by atoms with van der Waals surface area (Å²) in [6, 6.07) is 6.49. The molecule has 1 rings (SSSR count). The quantitative estimate of drug-likeness (QED) is 0.517. The molecule has 0 aromatic heterocycles. The van der Waals surface area contributed by atoms with Crippen molar-refractivity contribution in [3.05, 3.63) is 29.3 Å². The van der Waals surface area contributed by atoms with Gasteiger partial charge in [-0.25, -0.2) is 14.0 Å². The zero-order chi connectivity index (χ0) is 20.5. The van der Waals surface area contributed by atoms with E-state index in [-0.39, 0.29) is 10.8 Å². The predicted octanol–water partition coefficient (Wildman–Crippen LogP) is 5.21. The van der Waals surface area contributed by atoms with Crippen LogP contribution in [0.3, 0.4) is 0 Å². The maximum atomic E-state index is 6.13. The van der Waals surface area contributed by atoms with E-state index in [1.807, 2.05) is 42.3 Å². The van der Waals surface area contributed by atoms with Crippen LogP contribution in [0.5, 0.6) is 5.75 Å². The molecule has 0 saturated carbocycles. The Hall–Kier alpha value is -0.870. The second kappa shape index (κ2) is 8.02. The number of hydrogen-bond acceptors (Lipinski definition) is 2. The van der Waals surface area contributed by atoms with Crippen LogP contribution in [0.1, 0.15) is 52.7 Å². The zero-order valence-corrected chi connectivity index (χ0v) is 19.8. The van der Waals surface area contributed by atoms with Gasteiger partial charge in [0.05, 0.1) is 0 Å². The smallest absolute Gasteiger partial charge is 0.210 e. The van der Waals surface area contributed by atoms with Crippen LogP contribution in [0.4, 0.5) is 0 Å². The second-order valence-electron chi connectivity index (χ2n) is 9.46. The summed E-state index contributed by atoms with van der Waals surface area (Å²) in [6.45, 7) is 13.4. The summed E-state index contributed by atoms with van der Waals surface area (Å²) in [5.41, 5.74) is 2.57. The van der Waals surface area contributed by atoms with Gasteiger partial charge < -0.3 is 4.84 Å². The Morgan fingerprint density at radius 1 is 0.769 bits per heavy atom. The lowest BCUT2D eigenvalue weighted by Crippen LogP contribution is -2.31. The molecule has 5 nitrogen and oxygen atoms in total. The number of benzene rings is 1. The van der Waals surface area contributed by atoms with E-state index in [2.05, 4.69) is 73.8 Å². The van der Waals surface area contributed by atoms with E-state index in [0.717, 1.165) is 5.75 Å². The molecule has 0 unspecified atom stereocenters. The van der Waals surface area contributed by atoms with E-state index < -0.39 is 7.51 Å². The molecule has 0 amide bonds. The van der Waals surface area contributed by atoms with Crippen LogP contribution in [0.15, 0.2) is 23.1 Å². The highest BCUT2D eigenvalue weighted by Crippen LogP contribution is 2.55. The SMILES string of the molecule is CN(C)P(=NOc1ccc(C(C)(C)C)cc1C(C)(C)C)(N(C)C)N(C)C. The van der Waals surface area contributed by atoms with Gasteiger partial charge in [-0.3, -0.25) is 0 Å². The van der Waals surface area contributed by atoms with E-state index in [1.165, 1.54) is 11.1 Å². The summed E-state index contributed by atoms with van der Waals surface area (Å²) in [5, 5.41) is 0. The molecule has 1 aromatic carbocycles. The molecular formula is C20H39N4OP. The van der Waals surface area contributed by atoms with E-state index in [9.17, 15) is 0 Å². The summed E-state index contributed by atoms with van der Waals surface area (Å²) < 4.78 is 6.44. The molecule has 0 saturated heterocycles. The highest BCUT2D eigenvalue weighted by atomic mass is 31.2. The Labute approximate surface area is 161 Å². The molecule has 0 aliphatic carbocycles. The fraction of sp³-hybridized carbons (Fsp3) is 0.700. The lowest BCUT2D eigenvalue weighted by atomic mass is 9.80. The van der Waals surface area contributed by atoms with E-state index in [1.54, 1.807) is 0 Å². The van der Waals surface area contributed by atoms with Crippen molar-refractivity contribution in [2.45, 2.75) is 52.4 Å². The van der Waals surface area contributed by atoms with Crippen molar-refractivity contribution >= 4 is 7.51 Å². The Morgan fingerprint density at radius 3 is 1.58 bits per heavy atom. The Morgan fingerprint density at radius 2 is 1.23 bits per heavy atom. The molecule has 26 heavy (non-hydrogen) atoms. The van der Waals surface area contributed by atoms with Crippen molar-refractivity contribution in [2.24, 2.45) is 4.91 Å². The first-order valence-electron chi connectivity index (χ1n) is 9.11. The molecule has 0 heterocycles. The Kier molecular flexibility index (Phi) is 7.14. The second-order valence-corrected chi connectivity index (χ2v) is 13.1. The van der Waals surface area contributed by atoms with Crippen LogP contribution in [-0.2, 0) is 10.8 Å². The predicted molar refractivity (Wildman–Crippen MR) is 115 cm³/mol. The third kappa shape index (κ3) is 4.89. The largest absolute Gasteiger partial charge is 0.354 e. The first-order chi connectivity index (χ1) is 11.6. The van der Waals surface area contributed by atoms with Crippen LogP contribution in [-0.4, -0.2) is 56.3 Å². The number of hydrogen-bond donors (Lipinski definition) is 0. The fourth-order valence-corrected chi connectivity index (χ4v) is 5.84. The standard InChI is InChI=1S/C20H39N4OP/c1-19(2,3)16-13-14-18(17(15-16)20(4,5)6)25-21-26(22(7)8,23(9)10)24(11)12/h13-15H,1-12H3. The van der Waals surface area contributed by atoms with Crippen LogP contribution in [0.2, 0.25) is 0 Å². The first-order valence-corrected chi connectivity index (χ1v) is 10.7. The van der Waals surface area contributed by atoms with Gasteiger partial charge in [-0.15, -0.1) is 0 Å². The molecule has 1 aromatic rings. The molecule has 0 aliphatic rings. The van der Waals surface area contributed by atoms with Crippen molar-refractivity contribution in [3.63, 3.8) is 0 Å². The van der Waals surface area contributed by atoms with Gasteiger partial charge in [0, 0.05) is 5.56 Å². The van der Waals surface area contributed by atoms with E-state index in [0.29, 0.717) is 0 Å². The lowest BCUT2D eigenvalue weighted by molar-refractivity contribution is 0.315. The maximum absolute atomic E-state index is 6.13. The topological polar surface area (TPSA) is 31.3 Å². The summed E-state index contributed by atoms with van der Waals surface area (Å²) >= 11 is 0. The van der Waals surface area contributed by atoms with Gasteiger partial charge >= 0.3 is 0 Å². The van der Waals surface area contributed by atoms with Crippen LogP contribution < -0.4 is 4.84 Å². The van der Waals surface area contributed by atoms with Crippen LogP contribution in [0, 0.1) is 0 Å². The van der Waals surface area contributed by atoms with Crippen molar-refractivity contribution in [3.8, 4) is 5.75 Å². The molecule has 0 spiro atoms. The monoisotopic (exact) mass is 382 g/mol. The third-order valence-electron chi connectivity index (χ3n) is 4.51. The van der Waals surface area contributed by atoms with Gasteiger partial charge in [0.2, 0.25) is 7.51 Å². The molecule has 0 radical (unpaired) electrons. The maximum Gasteiger partial charge on any atom is 0.210 e. The third-order valence-corrected chi connectivity index (χ3v) is 8.03. The summed E-state index contributed by atoms with van der Waals surface area (Å²) in [5.74, 6) is 0.834. The molecule has 150 valence electrons. The highest BCUT2D eigenvalue weighted by Gasteiger charge is 2.31. The summed E-state index contributed by atoms with van der Waals surface area (Å²) in [6.07, 6.45) is 0. The fourth-order valence-electron chi connectivity index (χ4n) is 3.05. The van der Waals surface area contributed by atoms with Gasteiger partial charge in [0.15, 0.2) is 5.75 Å². The van der Waals surface area contributed by atoms with Crippen LogP contribution >= 0.6 is 7.51 Å². The van der Waals surface area contributed by atoms with Crippen molar-refractivity contribution in [2.75, 3.05) is 42.3 Å². The molecular weight excluding hydrogens is 343 g/mol. The van der Waals surface area contributed by atoms with E-state index in [4.69, 9.17) is 9.75 Å². The van der Waals surface area contributed by atoms with Gasteiger partial charge in [0.25, 0.3) is 0 Å². The first kappa shape index (κ1) is 23.2. The minimum absolute atomic E-state index is 0.0262. The van der Waals surface area contributed by atoms with E-state index >= 15 is 0 Å². The minimum atomic E-state index is -2.09. The summed E-state index contributed by atoms with van der Waals surface area (Å²) in [7, 11) is 10.2. The average molecular weight is 383 g/mol. The molecule has 0 atom stereocenters. The molecule has 0 aliphatic heterocycles. The zero-order valence-electron chi connectivity index (χ0n) is 18.9. The van der Waals surface area contributed by atoms with Gasteiger partial charge in [0.1, 0.15) is 0 Å². The molecule has 0 N–H and O–H groups in total. The number of nitrogens with zero attached hydrogens (tertiary/aromatic N) is 4. The minimum Gasteiger partial charge on any atom is -0.354 e. The van der Waals surface area contributed by atoms with Gasteiger partial charge in [-0.2, -0.15) is 0 Å². The van der Waals surface area contributed by atoms with Gasteiger partial charge in [-0.05, 0) is 64.7 Å². The number of rotatable bonds is 5. The Balaban J connectivity index is 3.53. The Bertz CT molecular complexity index is 639. The van der Waals surface area contributed by atoms with Crippen molar-refractivity contribution < 1.29 is 4.84 Å². The summed E-state index contributed by atoms with van der Waals surface area (Å²) in [4.78, 5) is 10.9. The molecule has 0 bridgehead atoms. The normalized spacial score (nSPS) is 13.7. The average Bonchev–Trinajstić information content (AvgIpc) is 2.44. The van der Waals surface area contributed by atoms with Gasteiger partial charge in [-0.1, -0.05) is 58.6 Å². The molecule has 0 fully saturated rings. The molecule has 6 heteroatoms. The van der Waals surface area contributed by atoms with Crippen molar-refractivity contribution in [1.29, 1.82) is 0 Å². The van der Waals surface area contributed by atoms with Crippen molar-refractivity contribution in [1.82, 2.24) is 14.0 Å². The highest BCUT2D eigenvalue weighted by molar-refractivity contribution is 7.58.